The molecule has 2 heterocycles. The van der Waals surface area contributed by atoms with Crippen molar-refractivity contribution in [2.75, 3.05) is 6.61 Å². The number of rotatable bonds is 7. The third-order valence-electron chi connectivity index (χ3n) is 7.76. The molecular weight excluding hydrogens is 398 g/mol. The number of carbonyl (C=O) groups is 2. The van der Waals surface area contributed by atoms with Crippen LogP contribution in [0.2, 0.25) is 0 Å². The first kappa shape index (κ1) is 21.2. The maximum absolute atomic E-state index is 13.1. The van der Waals surface area contributed by atoms with E-state index in [2.05, 4.69) is 55.5 Å². The van der Waals surface area contributed by atoms with Gasteiger partial charge in [-0.3, -0.25) is 4.79 Å². The average Bonchev–Trinajstić information content (AvgIpc) is 3.28. The Kier molecular flexibility index (Phi) is 6.03. The van der Waals surface area contributed by atoms with Crippen LogP contribution in [0.5, 0.6) is 0 Å². The number of benzene rings is 2. The normalized spacial score (nSPS) is 23.7. The van der Waals surface area contributed by atoms with E-state index in [1.807, 2.05) is 4.90 Å². The first-order valence-electron chi connectivity index (χ1n) is 12.3. The van der Waals surface area contributed by atoms with Crippen molar-refractivity contribution in [3.8, 4) is 11.1 Å². The number of ketones is 1. The molecule has 4 heteroatoms. The van der Waals surface area contributed by atoms with E-state index < -0.39 is 0 Å². The monoisotopic (exact) mass is 431 g/mol. The standard InChI is InChI=1S/C28H33NO3/c1-2-3-4-13-27(30)19-16-20-14-15-21(17-19)29(20)28(31)32-18-26-24-11-7-5-9-22(24)23-10-6-8-12-25(23)26/h5-12,19-21,26H,2-4,13-18H2,1H3. The van der Waals surface area contributed by atoms with Crippen molar-refractivity contribution >= 4 is 11.9 Å². The van der Waals surface area contributed by atoms with Crippen LogP contribution in [-0.2, 0) is 9.53 Å². The van der Waals surface area contributed by atoms with Crippen molar-refractivity contribution in [1.82, 2.24) is 4.90 Å². The van der Waals surface area contributed by atoms with Gasteiger partial charge in [0.1, 0.15) is 12.4 Å². The summed E-state index contributed by atoms with van der Waals surface area (Å²) in [6.07, 6.45) is 7.37. The highest BCUT2D eigenvalue weighted by molar-refractivity contribution is 5.82. The Labute approximate surface area is 191 Å². The first-order chi connectivity index (χ1) is 15.7. The molecular formula is C28H33NO3. The minimum Gasteiger partial charge on any atom is -0.448 e. The summed E-state index contributed by atoms with van der Waals surface area (Å²) in [5.41, 5.74) is 4.96. The highest BCUT2D eigenvalue weighted by atomic mass is 16.6. The van der Waals surface area contributed by atoms with E-state index in [1.165, 1.54) is 22.3 Å². The lowest BCUT2D eigenvalue weighted by molar-refractivity contribution is -0.125. The Hall–Kier alpha value is -2.62. The molecule has 2 aromatic rings. The zero-order chi connectivity index (χ0) is 22.1. The van der Waals surface area contributed by atoms with Gasteiger partial charge >= 0.3 is 6.09 Å². The predicted octanol–water partition coefficient (Wildman–Crippen LogP) is 6.33. The van der Waals surface area contributed by atoms with Crippen molar-refractivity contribution in [3.63, 3.8) is 0 Å². The molecule has 1 aliphatic carbocycles. The average molecular weight is 432 g/mol. The lowest BCUT2D eigenvalue weighted by Crippen LogP contribution is -2.48. The molecule has 5 rings (SSSR count). The maximum atomic E-state index is 13.1. The van der Waals surface area contributed by atoms with E-state index in [1.54, 1.807) is 0 Å². The molecule has 2 atom stereocenters. The number of carbonyl (C=O) groups excluding carboxylic acids is 2. The van der Waals surface area contributed by atoms with Crippen LogP contribution in [0, 0.1) is 5.92 Å². The number of piperidine rings is 1. The number of hydrogen-bond donors (Lipinski definition) is 0. The molecule has 0 N–H and O–H groups in total. The molecule has 2 saturated heterocycles. The minimum atomic E-state index is -0.198. The van der Waals surface area contributed by atoms with Gasteiger partial charge in [-0.15, -0.1) is 0 Å². The smallest absolute Gasteiger partial charge is 0.410 e. The van der Waals surface area contributed by atoms with Crippen LogP contribution in [0.15, 0.2) is 48.5 Å². The Morgan fingerprint density at radius 3 is 2.09 bits per heavy atom. The second-order valence-corrected chi connectivity index (χ2v) is 9.69. The molecule has 0 radical (unpaired) electrons. The lowest BCUT2D eigenvalue weighted by atomic mass is 9.85. The molecule has 32 heavy (non-hydrogen) atoms. The van der Waals surface area contributed by atoms with Crippen LogP contribution in [0.1, 0.15) is 75.3 Å². The Morgan fingerprint density at radius 1 is 0.906 bits per heavy atom. The van der Waals surface area contributed by atoms with Gasteiger partial charge in [0.05, 0.1) is 0 Å². The second-order valence-electron chi connectivity index (χ2n) is 9.69. The number of Topliss-reactive ketones (excluding diaryl/α,β-unsaturated/α-hetero) is 1. The van der Waals surface area contributed by atoms with E-state index in [4.69, 9.17) is 4.74 Å². The van der Waals surface area contributed by atoms with Crippen molar-refractivity contribution in [1.29, 1.82) is 0 Å². The van der Waals surface area contributed by atoms with Crippen LogP contribution in [0.25, 0.3) is 11.1 Å². The Morgan fingerprint density at radius 2 is 1.50 bits per heavy atom. The number of ether oxygens (including phenoxy) is 1. The number of unbranched alkanes of at least 4 members (excludes halogenated alkanes) is 2. The zero-order valence-electron chi connectivity index (χ0n) is 19.0. The third kappa shape index (κ3) is 3.85. The van der Waals surface area contributed by atoms with Crippen molar-refractivity contribution in [3.05, 3.63) is 59.7 Å². The predicted molar refractivity (Wildman–Crippen MR) is 126 cm³/mol. The van der Waals surface area contributed by atoms with E-state index in [-0.39, 0.29) is 30.0 Å². The van der Waals surface area contributed by atoms with E-state index in [0.29, 0.717) is 18.8 Å². The molecule has 168 valence electrons. The lowest BCUT2D eigenvalue weighted by Gasteiger charge is -2.37. The van der Waals surface area contributed by atoms with Gasteiger partial charge in [0.2, 0.25) is 0 Å². The molecule has 2 fully saturated rings. The summed E-state index contributed by atoms with van der Waals surface area (Å²) in [5, 5.41) is 0. The van der Waals surface area contributed by atoms with Crippen LogP contribution >= 0.6 is 0 Å². The number of fused-ring (bicyclic) bond motifs is 5. The number of amides is 1. The molecule has 4 nitrogen and oxygen atoms in total. The fourth-order valence-corrected chi connectivity index (χ4v) is 6.16. The summed E-state index contributed by atoms with van der Waals surface area (Å²) < 4.78 is 5.94. The SMILES string of the molecule is CCCCCC(=O)C1CC2CCC(C1)N2C(=O)OCC1c2ccccc2-c2ccccc21. The van der Waals surface area contributed by atoms with Gasteiger partial charge in [-0.1, -0.05) is 68.3 Å². The summed E-state index contributed by atoms with van der Waals surface area (Å²) >= 11 is 0. The fraction of sp³-hybridized carbons (Fsp3) is 0.500. The highest BCUT2D eigenvalue weighted by Gasteiger charge is 2.45. The number of hydrogen-bond acceptors (Lipinski definition) is 3. The zero-order valence-corrected chi connectivity index (χ0v) is 19.0. The molecule has 1 amide bonds. The summed E-state index contributed by atoms with van der Waals surface area (Å²) in [6.45, 7) is 2.53. The number of nitrogens with zero attached hydrogens (tertiary/aromatic N) is 1. The minimum absolute atomic E-state index is 0.0849. The Balaban J connectivity index is 1.23. The van der Waals surface area contributed by atoms with Crippen molar-refractivity contribution < 1.29 is 14.3 Å². The highest BCUT2D eigenvalue weighted by Crippen LogP contribution is 2.45. The Bertz CT molecular complexity index is 940. The van der Waals surface area contributed by atoms with E-state index in [9.17, 15) is 9.59 Å². The largest absolute Gasteiger partial charge is 0.448 e. The van der Waals surface area contributed by atoms with Gasteiger partial charge in [0.15, 0.2) is 0 Å². The third-order valence-corrected chi connectivity index (χ3v) is 7.76. The van der Waals surface area contributed by atoms with Crippen LogP contribution in [0.4, 0.5) is 4.79 Å². The summed E-state index contributed by atoms with van der Waals surface area (Å²) in [6, 6.07) is 17.2. The van der Waals surface area contributed by atoms with Crippen molar-refractivity contribution in [2.45, 2.75) is 76.3 Å². The second kappa shape index (κ2) is 9.09. The van der Waals surface area contributed by atoms with Crippen LogP contribution in [-0.4, -0.2) is 35.5 Å². The van der Waals surface area contributed by atoms with Gasteiger partial charge in [-0.25, -0.2) is 4.79 Å². The van der Waals surface area contributed by atoms with Crippen LogP contribution in [0.3, 0.4) is 0 Å². The molecule has 2 aromatic carbocycles. The fourth-order valence-electron chi connectivity index (χ4n) is 6.16. The van der Waals surface area contributed by atoms with Gasteiger partial charge in [-0.2, -0.15) is 0 Å². The van der Waals surface area contributed by atoms with Gasteiger partial charge in [-0.05, 0) is 54.4 Å². The summed E-state index contributed by atoms with van der Waals surface area (Å²) in [4.78, 5) is 27.8. The molecule has 3 aliphatic rings. The topological polar surface area (TPSA) is 46.6 Å². The van der Waals surface area contributed by atoms with E-state index in [0.717, 1.165) is 44.9 Å². The molecule has 2 unspecified atom stereocenters. The van der Waals surface area contributed by atoms with E-state index >= 15 is 0 Å². The molecule has 2 aliphatic heterocycles. The molecule has 0 aromatic heterocycles. The first-order valence-corrected chi connectivity index (χ1v) is 12.3. The summed E-state index contributed by atoms with van der Waals surface area (Å²) in [5.74, 6) is 0.617. The maximum Gasteiger partial charge on any atom is 0.410 e. The quantitative estimate of drug-likeness (QED) is 0.481. The molecule has 2 bridgehead atoms. The van der Waals surface area contributed by atoms with Gasteiger partial charge in [0.25, 0.3) is 0 Å². The van der Waals surface area contributed by atoms with Gasteiger partial charge < -0.3 is 9.64 Å². The van der Waals surface area contributed by atoms with Crippen LogP contribution < -0.4 is 0 Å². The summed E-state index contributed by atoms with van der Waals surface area (Å²) in [7, 11) is 0. The molecule has 0 saturated carbocycles. The molecule has 0 spiro atoms. The van der Waals surface area contributed by atoms with Gasteiger partial charge in [0, 0.05) is 30.3 Å². The van der Waals surface area contributed by atoms with Crippen molar-refractivity contribution in [2.24, 2.45) is 5.92 Å².